The van der Waals surface area contributed by atoms with Crippen molar-refractivity contribution in [3.8, 4) is 0 Å². The highest BCUT2D eigenvalue weighted by Crippen LogP contribution is 2.29. The molecule has 1 N–H and O–H groups in total. The fraction of sp³-hybridized carbons (Fsp3) is 0.100. The van der Waals surface area contributed by atoms with Crippen LogP contribution in [0.3, 0.4) is 0 Å². The van der Waals surface area contributed by atoms with Crippen LogP contribution in [0.1, 0.15) is 0 Å². The van der Waals surface area contributed by atoms with E-state index in [0.29, 0.717) is 4.47 Å². The fourth-order valence-electron chi connectivity index (χ4n) is 1.33. The molecule has 0 aliphatic carbocycles. The van der Waals surface area contributed by atoms with E-state index in [9.17, 15) is 16.8 Å². The molecule has 0 radical (unpaired) electrons. The Kier molecular flexibility index (Phi) is 4.19. The first-order valence-corrected chi connectivity index (χ1v) is 10.2. The van der Waals surface area contributed by atoms with Gasteiger partial charge in [0.05, 0.1) is 11.9 Å². The monoisotopic (exact) mass is 396 g/mol. The lowest BCUT2D eigenvalue weighted by Crippen LogP contribution is -2.12. The van der Waals surface area contributed by atoms with E-state index in [2.05, 4.69) is 25.6 Å². The van der Waals surface area contributed by atoms with E-state index < -0.39 is 19.9 Å². The van der Waals surface area contributed by atoms with Crippen molar-refractivity contribution in [1.29, 1.82) is 0 Å². The van der Waals surface area contributed by atoms with Crippen LogP contribution in [-0.4, -0.2) is 28.1 Å². The molecule has 0 aliphatic rings. The van der Waals surface area contributed by atoms with E-state index in [4.69, 9.17) is 0 Å². The Bertz CT molecular complexity index is 826. The van der Waals surface area contributed by atoms with Crippen molar-refractivity contribution in [2.75, 3.05) is 11.0 Å². The van der Waals surface area contributed by atoms with Crippen LogP contribution >= 0.6 is 27.3 Å². The Morgan fingerprint density at radius 2 is 1.90 bits per heavy atom. The number of hydrogen-bond donors (Lipinski definition) is 1. The minimum atomic E-state index is -3.72. The normalized spacial score (nSPS) is 12.3. The summed E-state index contributed by atoms with van der Waals surface area (Å²) >= 11 is 4.22. The summed E-state index contributed by atoms with van der Waals surface area (Å²) in [5, 5.41) is 1.53. The number of nitrogens with zero attached hydrogens (tertiary/aromatic N) is 1. The standard InChI is InChI=1S/C10H9BrN2O4S3/c1-19(14,15)9-3-2-7(6-12-9)13-20(16,17)10-8(11)4-5-18-10/h2-6,13H,1H3. The van der Waals surface area contributed by atoms with Gasteiger partial charge < -0.3 is 0 Å². The van der Waals surface area contributed by atoms with Crippen molar-refractivity contribution >= 4 is 52.8 Å². The van der Waals surface area contributed by atoms with Crippen molar-refractivity contribution < 1.29 is 16.8 Å². The predicted molar refractivity (Wildman–Crippen MR) is 80.2 cm³/mol. The third kappa shape index (κ3) is 3.37. The molecule has 2 heterocycles. The summed E-state index contributed by atoms with van der Waals surface area (Å²) in [6.07, 6.45) is 2.19. The summed E-state index contributed by atoms with van der Waals surface area (Å²) in [6, 6.07) is 4.23. The van der Waals surface area contributed by atoms with Gasteiger partial charge in [0.1, 0.15) is 0 Å². The van der Waals surface area contributed by atoms with Gasteiger partial charge >= 0.3 is 0 Å². The molecule has 20 heavy (non-hydrogen) atoms. The second-order valence-corrected chi connectivity index (χ2v) is 9.43. The van der Waals surface area contributed by atoms with Crippen molar-refractivity contribution in [1.82, 2.24) is 4.98 Å². The van der Waals surface area contributed by atoms with Gasteiger partial charge in [-0.2, -0.15) is 0 Å². The van der Waals surface area contributed by atoms with Crippen LogP contribution in [0.25, 0.3) is 0 Å². The number of rotatable bonds is 4. The number of halogens is 1. The molecule has 0 bridgehead atoms. The van der Waals surface area contributed by atoms with Gasteiger partial charge in [-0.25, -0.2) is 21.8 Å². The summed E-state index contributed by atoms with van der Waals surface area (Å²) in [5.74, 6) is 0. The lowest BCUT2D eigenvalue weighted by Gasteiger charge is -2.07. The summed E-state index contributed by atoms with van der Waals surface area (Å²) in [6.45, 7) is 0. The average Bonchev–Trinajstić information content (AvgIpc) is 2.75. The Labute approximate surface area is 129 Å². The molecule has 0 aliphatic heterocycles. The molecule has 0 aromatic carbocycles. The number of aromatic nitrogens is 1. The highest BCUT2D eigenvalue weighted by molar-refractivity contribution is 9.10. The number of sulfonamides is 1. The van der Waals surface area contributed by atoms with E-state index >= 15 is 0 Å². The van der Waals surface area contributed by atoms with E-state index in [-0.39, 0.29) is 14.9 Å². The molecule has 0 unspecified atom stereocenters. The van der Waals surface area contributed by atoms with Crippen molar-refractivity contribution in [2.45, 2.75) is 9.24 Å². The third-order valence-electron chi connectivity index (χ3n) is 2.20. The Hall–Kier alpha value is -0.970. The molecule has 0 saturated carbocycles. The second-order valence-electron chi connectivity index (χ2n) is 3.82. The zero-order valence-corrected chi connectivity index (χ0v) is 14.1. The van der Waals surface area contributed by atoms with Gasteiger partial charge in [-0.1, -0.05) is 0 Å². The number of pyridine rings is 1. The van der Waals surface area contributed by atoms with Gasteiger partial charge in [0.25, 0.3) is 10.0 Å². The molecule has 2 rings (SSSR count). The van der Waals surface area contributed by atoms with Crippen LogP contribution in [0, 0.1) is 0 Å². The quantitative estimate of drug-likeness (QED) is 0.853. The molecule has 2 aromatic rings. The maximum absolute atomic E-state index is 12.1. The first-order chi connectivity index (χ1) is 9.20. The number of thiophene rings is 1. The number of anilines is 1. The third-order valence-corrected chi connectivity index (χ3v) is 7.25. The second kappa shape index (κ2) is 5.43. The van der Waals surface area contributed by atoms with Crippen molar-refractivity contribution in [2.24, 2.45) is 0 Å². The molecule has 10 heteroatoms. The zero-order valence-electron chi connectivity index (χ0n) is 10.1. The summed E-state index contributed by atoms with van der Waals surface area (Å²) in [5.41, 5.74) is 0.192. The number of nitrogens with one attached hydrogen (secondary N) is 1. The molecule has 108 valence electrons. The molecule has 0 fully saturated rings. The smallest absolute Gasteiger partial charge is 0.272 e. The zero-order chi connectivity index (χ0) is 15.0. The minimum absolute atomic E-state index is 0.113. The van der Waals surface area contributed by atoms with Crippen LogP contribution in [0.4, 0.5) is 5.69 Å². The topological polar surface area (TPSA) is 93.2 Å². The molecule has 0 amide bonds. The van der Waals surface area contributed by atoms with Gasteiger partial charge in [0.2, 0.25) is 0 Å². The van der Waals surface area contributed by atoms with Crippen LogP contribution in [0.5, 0.6) is 0 Å². The van der Waals surface area contributed by atoms with Crippen LogP contribution < -0.4 is 4.72 Å². The summed E-state index contributed by atoms with van der Waals surface area (Å²) in [7, 11) is -7.12. The van der Waals surface area contributed by atoms with Gasteiger partial charge in [-0.3, -0.25) is 4.72 Å². The molecular weight excluding hydrogens is 388 g/mol. The maximum Gasteiger partial charge on any atom is 0.272 e. The average molecular weight is 397 g/mol. The van der Waals surface area contributed by atoms with Crippen molar-refractivity contribution in [3.05, 3.63) is 34.2 Å². The largest absolute Gasteiger partial charge is 0.277 e. The fourth-order valence-corrected chi connectivity index (χ4v) is 5.27. The molecule has 2 aromatic heterocycles. The first-order valence-electron chi connectivity index (χ1n) is 5.12. The van der Waals surface area contributed by atoms with Gasteiger partial charge in [-0.15, -0.1) is 11.3 Å². The Balaban J connectivity index is 2.29. The molecule has 6 nitrogen and oxygen atoms in total. The summed E-state index contributed by atoms with van der Waals surface area (Å²) < 4.78 is 49.6. The van der Waals surface area contributed by atoms with Crippen LogP contribution in [-0.2, 0) is 19.9 Å². The van der Waals surface area contributed by atoms with E-state index in [0.717, 1.165) is 23.8 Å². The molecule has 0 saturated heterocycles. The van der Waals surface area contributed by atoms with Crippen LogP contribution in [0.2, 0.25) is 0 Å². The van der Waals surface area contributed by atoms with Gasteiger partial charge in [-0.05, 0) is 39.5 Å². The number of hydrogen-bond acceptors (Lipinski definition) is 6. The van der Waals surface area contributed by atoms with E-state index in [1.54, 1.807) is 11.4 Å². The molecular formula is C10H9BrN2O4S3. The van der Waals surface area contributed by atoms with Gasteiger partial charge in [0, 0.05) is 10.7 Å². The lowest BCUT2D eigenvalue weighted by atomic mass is 10.4. The van der Waals surface area contributed by atoms with Crippen molar-refractivity contribution in [3.63, 3.8) is 0 Å². The maximum atomic E-state index is 12.1. The highest BCUT2D eigenvalue weighted by atomic mass is 79.9. The predicted octanol–water partition coefficient (Wildman–Crippen LogP) is 2.11. The highest BCUT2D eigenvalue weighted by Gasteiger charge is 2.19. The van der Waals surface area contributed by atoms with Crippen LogP contribution in [0.15, 0.2) is 43.5 Å². The van der Waals surface area contributed by atoms with E-state index in [1.165, 1.54) is 12.1 Å². The Morgan fingerprint density at radius 1 is 1.20 bits per heavy atom. The van der Waals surface area contributed by atoms with Gasteiger partial charge in [0.15, 0.2) is 19.1 Å². The lowest BCUT2D eigenvalue weighted by molar-refractivity contribution is 0.598. The minimum Gasteiger partial charge on any atom is -0.277 e. The number of sulfone groups is 1. The first kappa shape index (κ1) is 15.4. The summed E-state index contributed by atoms with van der Waals surface area (Å²) in [4.78, 5) is 3.71. The molecule has 0 atom stereocenters. The Morgan fingerprint density at radius 3 is 2.35 bits per heavy atom. The SMILES string of the molecule is CS(=O)(=O)c1ccc(NS(=O)(=O)c2sccc2Br)cn1. The molecule has 0 spiro atoms. The van der Waals surface area contributed by atoms with E-state index in [1.807, 2.05) is 0 Å².